The average molecular weight is 520 g/mol. The minimum Gasteiger partial charge on any atom is -0.460 e. The Balaban J connectivity index is 1.53. The first-order valence-electron chi connectivity index (χ1n) is 12.1. The molecule has 4 aromatic rings. The number of aliphatic hydroxyl groups is 1. The highest BCUT2D eigenvalue weighted by atomic mass is 16.5. The van der Waals surface area contributed by atoms with Gasteiger partial charge in [-0.25, -0.2) is 0 Å². The zero-order valence-electron chi connectivity index (χ0n) is 20.6. The fourth-order valence-electron chi connectivity index (χ4n) is 4.14. The lowest BCUT2D eigenvalue weighted by Crippen LogP contribution is -2.40. The molecule has 0 radical (unpaired) electrons. The molecule has 198 valence electrons. The Labute approximate surface area is 219 Å². The molecule has 0 amide bonds. The molecule has 2 heterocycles. The standard InChI is InChI=1S/C28H29N3O7/c29-26(22-9-5-2-6-10-22)25(28(34)36-16-21-14-31-38-18-21)24(32)12-23(11-19-7-3-1-4-8-19)27(33)35-15-20-13-30-37-17-20/h1-10,13-14,17-18,23-26,32H,11-12,15-16,29H2. The first-order chi connectivity index (χ1) is 18.5. The van der Waals surface area contributed by atoms with Gasteiger partial charge in [-0.2, -0.15) is 0 Å². The van der Waals surface area contributed by atoms with Gasteiger partial charge in [0.2, 0.25) is 0 Å². The third kappa shape index (κ3) is 7.37. The SMILES string of the molecule is NC(c1ccccc1)C(C(=O)OCc1cnoc1)C(O)CC(Cc1ccccc1)C(=O)OCc1cnoc1. The zero-order chi connectivity index (χ0) is 26.7. The van der Waals surface area contributed by atoms with Gasteiger partial charge in [-0.3, -0.25) is 9.59 Å². The van der Waals surface area contributed by atoms with E-state index in [0.717, 1.165) is 5.56 Å². The second kappa shape index (κ2) is 13.3. The lowest BCUT2D eigenvalue weighted by atomic mass is 9.83. The van der Waals surface area contributed by atoms with E-state index in [0.29, 0.717) is 23.1 Å². The molecule has 2 aromatic heterocycles. The monoisotopic (exact) mass is 519 g/mol. The number of benzene rings is 2. The fourth-order valence-corrected chi connectivity index (χ4v) is 4.14. The van der Waals surface area contributed by atoms with E-state index < -0.39 is 35.9 Å². The van der Waals surface area contributed by atoms with Crippen molar-refractivity contribution >= 4 is 11.9 Å². The summed E-state index contributed by atoms with van der Waals surface area (Å²) >= 11 is 0. The van der Waals surface area contributed by atoms with E-state index in [4.69, 9.17) is 24.3 Å². The highest BCUT2D eigenvalue weighted by Gasteiger charge is 2.38. The van der Waals surface area contributed by atoms with Crippen LogP contribution in [0, 0.1) is 11.8 Å². The van der Waals surface area contributed by atoms with Crippen molar-refractivity contribution in [1.82, 2.24) is 10.3 Å². The van der Waals surface area contributed by atoms with E-state index in [2.05, 4.69) is 10.3 Å². The second-order valence-corrected chi connectivity index (χ2v) is 8.93. The average Bonchev–Trinajstić information content (AvgIpc) is 3.66. The topological polar surface area (TPSA) is 151 Å². The summed E-state index contributed by atoms with van der Waals surface area (Å²) in [5.74, 6) is -3.14. The lowest BCUT2D eigenvalue weighted by molar-refractivity contribution is -0.159. The van der Waals surface area contributed by atoms with Crippen LogP contribution in [0.2, 0.25) is 0 Å². The van der Waals surface area contributed by atoms with Gasteiger partial charge >= 0.3 is 11.9 Å². The number of carbonyl (C=O) groups excluding carboxylic acids is 2. The highest BCUT2D eigenvalue weighted by molar-refractivity contribution is 5.75. The van der Waals surface area contributed by atoms with E-state index in [9.17, 15) is 14.7 Å². The Morgan fingerprint density at radius 3 is 1.92 bits per heavy atom. The molecule has 0 fully saturated rings. The molecule has 38 heavy (non-hydrogen) atoms. The molecular formula is C28H29N3O7. The van der Waals surface area contributed by atoms with Gasteiger partial charge in [0.25, 0.3) is 0 Å². The van der Waals surface area contributed by atoms with Crippen LogP contribution in [0.5, 0.6) is 0 Å². The Kier molecular flexibility index (Phi) is 9.38. The van der Waals surface area contributed by atoms with Crippen molar-refractivity contribution in [2.24, 2.45) is 17.6 Å². The van der Waals surface area contributed by atoms with E-state index >= 15 is 0 Å². The Morgan fingerprint density at radius 1 is 0.816 bits per heavy atom. The predicted molar refractivity (Wildman–Crippen MR) is 134 cm³/mol. The number of nitrogens with two attached hydrogens (primary N) is 1. The summed E-state index contributed by atoms with van der Waals surface area (Å²) in [6.07, 6.45) is 4.53. The molecule has 4 rings (SSSR count). The number of ether oxygens (including phenoxy) is 2. The number of esters is 2. The molecule has 4 unspecified atom stereocenters. The third-order valence-electron chi connectivity index (χ3n) is 6.17. The molecule has 4 atom stereocenters. The van der Waals surface area contributed by atoms with Crippen molar-refractivity contribution in [3.05, 3.63) is 108 Å². The van der Waals surface area contributed by atoms with Crippen molar-refractivity contribution in [1.29, 1.82) is 0 Å². The van der Waals surface area contributed by atoms with Crippen LogP contribution < -0.4 is 5.73 Å². The maximum Gasteiger partial charge on any atom is 0.313 e. The van der Waals surface area contributed by atoms with Gasteiger partial charge in [-0.15, -0.1) is 0 Å². The normalized spacial score (nSPS) is 14.3. The maximum absolute atomic E-state index is 13.2. The van der Waals surface area contributed by atoms with Gasteiger partial charge in [0.1, 0.15) is 31.7 Å². The van der Waals surface area contributed by atoms with E-state index in [1.165, 1.54) is 24.9 Å². The van der Waals surface area contributed by atoms with Crippen LogP contribution in [0.25, 0.3) is 0 Å². The van der Waals surface area contributed by atoms with Gasteiger partial charge in [-0.1, -0.05) is 71.0 Å². The first kappa shape index (κ1) is 26.8. The van der Waals surface area contributed by atoms with Crippen molar-refractivity contribution in [2.75, 3.05) is 0 Å². The Bertz CT molecular complexity index is 1250. The van der Waals surface area contributed by atoms with Gasteiger partial charge in [0.05, 0.1) is 24.4 Å². The molecule has 0 bridgehead atoms. The summed E-state index contributed by atoms with van der Waals surface area (Å²) in [5.41, 5.74) is 9.17. The number of hydrogen-bond donors (Lipinski definition) is 2. The summed E-state index contributed by atoms with van der Waals surface area (Å²) < 4.78 is 20.5. The molecule has 0 spiro atoms. The summed E-state index contributed by atoms with van der Waals surface area (Å²) in [4.78, 5) is 26.4. The summed E-state index contributed by atoms with van der Waals surface area (Å²) in [6, 6.07) is 17.4. The molecule has 0 saturated carbocycles. The minimum atomic E-state index is -1.31. The number of aliphatic hydroxyl groups excluding tert-OH is 1. The molecule has 0 aliphatic carbocycles. The van der Waals surface area contributed by atoms with Crippen LogP contribution in [0.4, 0.5) is 0 Å². The number of nitrogens with zero attached hydrogens (tertiary/aromatic N) is 2. The van der Waals surface area contributed by atoms with Crippen LogP contribution >= 0.6 is 0 Å². The smallest absolute Gasteiger partial charge is 0.313 e. The van der Waals surface area contributed by atoms with E-state index in [1.807, 2.05) is 36.4 Å². The van der Waals surface area contributed by atoms with Crippen LogP contribution in [0.3, 0.4) is 0 Å². The number of hydrogen-bond acceptors (Lipinski definition) is 10. The molecule has 3 N–H and O–H groups in total. The Morgan fingerprint density at radius 2 is 1.37 bits per heavy atom. The van der Waals surface area contributed by atoms with Gasteiger partial charge in [-0.05, 0) is 24.0 Å². The molecule has 2 aromatic carbocycles. The highest BCUT2D eigenvalue weighted by Crippen LogP contribution is 2.29. The summed E-state index contributed by atoms with van der Waals surface area (Å²) in [7, 11) is 0. The summed E-state index contributed by atoms with van der Waals surface area (Å²) in [5, 5.41) is 18.6. The molecule has 0 saturated heterocycles. The number of rotatable bonds is 13. The van der Waals surface area contributed by atoms with Gasteiger partial charge < -0.3 is 29.4 Å². The van der Waals surface area contributed by atoms with Crippen LogP contribution in [-0.4, -0.2) is 33.5 Å². The van der Waals surface area contributed by atoms with Crippen molar-refractivity contribution in [3.8, 4) is 0 Å². The molecule has 0 aliphatic heterocycles. The Hall–Kier alpha value is -4.28. The quantitative estimate of drug-likeness (QED) is 0.252. The van der Waals surface area contributed by atoms with Crippen LogP contribution in [0.1, 0.15) is 34.7 Å². The molecule has 10 heteroatoms. The third-order valence-corrected chi connectivity index (χ3v) is 6.17. The molecular weight excluding hydrogens is 490 g/mol. The molecule has 10 nitrogen and oxygen atoms in total. The number of carbonyl (C=O) groups is 2. The maximum atomic E-state index is 13.2. The van der Waals surface area contributed by atoms with E-state index in [1.54, 1.807) is 24.3 Å². The largest absolute Gasteiger partial charge is 0.460 e. The van der Waals surface area contributed by atoms with Crippen molar-refractivity contribution in [2.45, 2.75) is 38.2 Å². The lowest BCUT2D eigenvalue weighted by Gasteiger charge is -2.29. The predicted octanol–water partition coefficient (Wildman–Crippen LogP) is 3.38. The first-order valence-corrected chi connectivity index (χ1v) is 12.1. The zero-order valence-corrected chi connectivity index (χ0v) is 20.6. The van der Waals surface area contributed by atoms with Crippen LogP contribution in [0.15, 0.2) is 94.6 Å². The van der Waals surface area contributed by atoms with Crippen molar-refractivity contribution in [3.63, 3.8) is 0 Å². The second-order valence-electron chi connectivity index (χ2n) is 8.93. The fraction of sp³-hybridized carbons (Fsp3) is 0.286. The summed E-state index contributed by atoms with van der Waals surface area (Å²) in [6.45, 7) is -0.126. The van der Waals surface area contributed by atoms with Gasteiger partial charge in [0.15, 0.2) is 0 Å². The van der Waals surface area contributed by atoms with Gasteiger partial charge in [0, 0.05) is 17.2 Å². The minimum absolute atomic E-state index is 0.0303. The van der Waals surface area contributed by atoms with Crippen LogP contribution in [-0.2, 0) is 38.7 Å². The van der Waals surface area contributed by atoms with E-state index in [-0.39, 0.29) is 19.6 Å². The van der Waals surface area contributed by atoms with Crippen molar-refractivity contribution < 1.29 is 33.2 Å². The number of aromatic nitrogens is 2. The molecule has 0 aliphatic rings.